The second-order valence-corrected chi connectivity index (χ2v) is 10.8. The van der Waals surface area contributed by atoms with Gasteiger partial charge in [0, 0.05) is 50.3 Å². The third-order valence-corrected chi connectivity index (χ3v) is 8.12. The first-order chi connectivity index (χ1) is 20.3. The number of aromatic nitrogens is 3. The zero-order valence-corrected chi connectivity index (χ0v) is 23.2. The van der Waals surface area contributed by atoms with E-state index in [9.17, 15) is 18.0 Å². The van der Waals surface area contributed by atoms with Gasteiger partial charge in [-0.1, -0.05) is 30.3 Å². The number of carbonyl (C=O) groups excluding carboxylic acids is 1. The van der Waals surface area contributed by atoms with Crippen molar-refractivity contribution >= 4 is 22.6 Å². The van der Waals surface area contributed by atoms with Crippen molar-refractivity contribution in [1.82, 2.24) is 25.0 Å². The van der Waals surface area contributed by atoms with E-state index in [0.29, 0.717) is 17.4 Å². The Morgan fingerprint density at radius 3 is 2.40 bits per heavy atom. The number of amides is 1. The molecule has 1 N–H and O–H groups in total. The molecule has 2 saturated heterocycles. The lowest BCUT2D eigenvalue weighted by molar-refractivity contribution is -0.137. The highest BCUT2D eigenvalue weighted by atomic mass is 19.4. The SMILES string of the molecule is O=C(Cc1cn(-c2ccc(N3CCC(N4CCOCC4)CC3)nn2)c2ccccc12)NCc1cccc(C(F)(F)F)c1. The van der Waals surface area contributed by atoms with E-state index < -0.39 is 11.7 Å². The Morgan fingerprint density at radius 2 is 1.67 bits per heavy atom. The number of fused-ring (bicyclic) bond motifs is 1. The highest BCUT2D eigenvalue weighted by molar-refractivity contribution is 5.90. The number of ether oxygens (including phenoxy) is 1. The van der Waals surface area contributed by atoms with Crippen LogP contribution in [0.3, 0.4) is 0 Å². The molecule has 0 unspecified atom stereocenters. The van der Waals surface area contributed by atoms with Gasteiger partial charge in [-0.3, -0.25) is 14.3 Å². The fraction of sp³-hybridized carbons (Fsp3) is 0.387. The van der Waals surface area contributed by atoms with Crippen LogP contribution in [0.1, 0.15) is 29.5 Å². The first-order valence-electron chi connectivity index (χ1n) is 14.3. The highest BCUT2D eigenvalue weighted by Gasteiger charge is 2.30. The Bertz CT molecular complexity index is 1520. The Labute approximate surface area is 242 Å². The molecule has 2 aromatic heterocycles. The topological polar surface area (TPSA) is 75.5 Å². The van der Waals surface area contributed by atoms with E-state index in [1.165, 1.54) is 6.07 Å². The van der Waals surface area contributed by atoms with Crippen LogP contribution < -0.4 is 10.2 Å². The molecule has 1 amide bonds. The van der Waals surface area contributed by atoms with E-state index in [0.717, 1.165) is 86.7 Å². The zero-order valence-electron chi connectivity index (χ0n) is 23.2. The Hall–Kier alpha value is -3.96. The van der Waals surface area contributed by atoms with Gasteiger partial charge in [-0.25, -0.2) is 0 Å². The summed E-state index contributed by atoms with van der Waals surface area (Å²) in [6.45, 7) is 5.51. The number of anilines is 1. The van der Waals surface area contributed by atoms with Gasteiger partial charge in [0.05, 0.1) is 30.7 Å². The number of hydrogen-bond donors (Lipinski definition) is 1. The van der Waals surface area contributed by atoms with Crippen molar-refractivity contribution in [3.63, 3.8) is 0 Å². The van der Waals surface area contributed by atoms with Crippen LogP contribution in [0.25, 0.3) is 16.7 Å². The van der Waals surface area contributed by atoms with Crippen molar-refractivity contribution in [1.29, 1.82) is 0 Å². The molecule has 11 heteroatoms. The third kappa shape index (κ3) is 6.27. The molecule has 0 aliphatic carbocycles. The standard InChI is InChI=1S/C31H33F3N6O2/c32-31(33,34)24-5-3-4-22(18-24)20-35-30(41)19-23-21-40(27-7-2-1-6-26(23)27)29-9-8-28(36-37-29)39-12-10-25(11-13-39)38-14-16-42-17-15-38/h1-9,18,21,25H,10-17,19-20H2,(H,35,41). The van der Waals surface area contributed by atoms with Gasteiger partial charge < -0.3 is 15.0 Å². The summed E-state index contributed by atoms with van der Waals surface area (Å²) in [6, 6.07) is 17.3. The van der Waals surface area contributed by atoms with E-state index in [-0.39, 0.29) is 18.9 Å². The average Bonchev–Trinajstić information content (AvgIpc) is 3.38. The molecule has 4 heterocycles. The largest absolute Gasteiger partial charge is 0.416 e. The molecule has 0 bridgehead atoms. The van der Waals surface area contributed by atoms with Gasteiger partial charge in [0.2, 0.25) is 5.91 Å². The van der Waals surface area contributed by atoms with Gasteiger partial charge in [-0.05, 0) is 54.3 Å². The van der Waals surface area contributed by atoms with Crippen LogP contribution in [0.5, 0.6) is 0 Å². The number of piperidine rings is 1. The van der Waals surface area contributed by atoms with Crippen LogP contribution in [0.4, 0.5) is 19.0 Å². The number of carbonyl (C=O) groups is 1. The molecular weight excluding hydrogens is 545 g/mol. The molecular formula is C31H33F3N6O2. The number of halogens is 3. The van der Waals surface area contributed by atoms with Crippen molar-refractivity contribution in [2.75, 3.05) is 44.3 Å². The molecule has 0 spiro atoms. The predicted molar refractivity (Wildman–Crippen MR) is 153 cm³/mol. The van der Waals surface area contributed by atoms with Gasteiger partial charge >= 0.3 is 6.18 Å². The van der Waals surface area contributed by atoms with Crippen LogP contribution in [-0.4, -0.2) is 71.0 Å². The van der Waals surface area contributed by atoms with E-state index in [4.69, 9.17) is 4.74 Å². The Morgan fingerprint density at radius 1 is 0.929 bits per heavy atom. The van der Waals surface area contributed by atoms with Crippen molar-refractivity contribution in [3.05, 3.63) is 83.6 Å². The second kappa shape index (κ2) is 12.1. The smallest absolute Gasteiger partial charge is 0.379 e. The van der Waals surface area contributed by atoms with Crippen molar-refractivity contribution in [2.45, 2.75) is 38.0 Å². The molecule has 2 fully saturated rings. The van der Waals surface area contributed by atoms with Gasteiger partial charge in [0.25, 0.3) is 0 Å². The van der Waals surface area contributed by atoms with Crippen molar-refractivity contribution in [3.8, 4) is 5.82 Å². The van der Waals surface area contributed by atoms with Crippen LogP contribution in [-0.2, 0) is 28.7 Å². The first kappa shape index (κ1) is 28.2. The normalized spacial score (nSPS) is 17.1. The minimum Gasteiger partial charge on any atom is -0.379 e. The summed E-state index contributed by atoms with van der Waals surface area (Å²) >= 11 is 0. The van der Waals surface area contributed by atoms with Crippen LogP contribution in [0.15, 0.2) is 66.9 Å². The summed E-state index contributed by atoms with van der Waals surface area (Å²) in [7, 11) is 0. The zero-order chi connectivity index (χ0) is 29.1. The monoisotopic (exact) mass is 578 g/mol. The Balaban J connectivity index is 1.12. The minimum atomic E-state index is -4.43. The number of nitrogens with zero attached hydrogens (tertiary/aromatic N) is 5. The number of para-hydroxylation sites is 1. The number of rotatable bonds is 7. The molecule has 6 rings (SSSR count). The number of benzene rings is 2. The molecule has 2 aliphatic rings. The molecule has 4 aromatic rings. The summed E-state index contributed by atoms with van der Waals surface area (Å²) in [5, 5.41) is 12.7. The lowest BCUT2D eigenvalue weighted by Gasteiger charge is -2.40. The second-order valence-electron chi connectivity index (χ2n) is 10.8. The summed E-state index contributed by atoms with van der Waals surface area (Å²) < 4.78 is 46.5. The van der Waals surface area contributed by atoms with Gasteiger partial charge in [-0.15, -0.1) is 10.2 Å². The summed E-state index contributed by atoms with van der Waals surface area (Å²) in [4.78, 5) is 17.6. The molecule has 8 nitrogen and oxygen atoms in total. The molecule has 220 valence electrons. The number of nitrogens with one attached hydrogen (secondary N) is 1. The van der Waals surface area contributed by atoms with E-state index in [1.54, 1.807) is 6.07 Å². The molecule has 0 atom stereocenters. The average molecular weight is 579 g/mol. The lowest BCUT2D eigenvalue weighted by Crippen LogP contribution is -2.49. The first-order valence-corrected chi connectivity index (χ1v) is 14.3. The number of morpholine rings is 1. The Kier molecular flexibility index (Phi) is 8.12. The third-order valence-electron chi connectivity index (χ3n) is 8.12. The van der Waals surface area contributed by atoms with Crippen LogP contribution in [0.2, 0.25) is 0 Å². The number of alkyl halides is 3. The van der Waals surface area contributed by atoms with E-state index >= 15 is 0 Å². The minimum absolute atomic E-state index is 0.0119. The predicted octanol–water partition coefficient (Wildman–Crippen LogP) is 4.60. The molecule has 0 radical (unpaired) electrons. The summed E-state index contributed by atoms with van der Waals surface area (Å²) in [5.74, 6) is 1.22. The van der Waals surface area contributed by atoms with E-state index in [2.05, 4.69) is 25.3 Å². The van der Waals surface area contributed by atoms with Crippen LogP contribution >= 0.6 is 0 Å². The molecule has 42 heavy (non-hydrogen) atoms. The van der Waals surface area contributed by atoms with Crippen LogP contribution in [0, 0.1) is 0 Å². The van der Waals surface area contributed by atoms with E-state index in [1.807, 2.05) is 47.2 Å². The van der Waals surface area contributed by atoms with Gasteiger partial charge in [0.1, 0.15) is 0 Å². The maximum absolute atomic E-state index is 13.0. The maximum atomic E-state index is 13.0. The summed E-state index contributed by atoms with van der Waals surface area (Å²) in [5.41, 5.74) is 1.35. The molecule has 2 aromatic carbocycles. The molecule has 0 saturated carbocycles. The quantitative estimate of drug-likeness (QED) is 0.346. The summed E-state index contributed by atoms with van der Waals surface area (Å²) in [6.07, 6.45) is -0.291. The number of hydrogen-bond acceptors (Lipinski definition) is 6. The highest BCUT2D eigenvalue weighted by Crippen LogP contribution is 2.30. The van der Waals surface area contributed by atoms with Gasteiger partial charge in [-0.2, -0.15) is 13.2 Å². The van der Waals surface area contributed by atoms with Crippen molar-refractivity contribution in [2.24, 2.45) is 0 Å². The fourth-order valence-electron chi connectivity index (χ4n) is 5.89. The lowest BCUT2D eigenvalue weighted by atomic mass is 10.0. The van der Waals surface area contributed by atoms with Gasteiger partial charge in [0.15, 0.2) is 11.6 Å². The fourth-order valence-corrected chi connectivity index (χ4v) is 5.89. The maximum Gasteiger partial charge on any atom is 0.416 e. The van der Waals surface area contributed by atoms with Crippen molar-refractivity contribution < 1.29 is 22.7 Å². The molecule has 2 aliphatic heterocycles.